The molecule has 5 heteroatoms. The molecule has 0 bridgehead atoms. The molecule has 0 spiro atoms. The zero-order valence-electron chi connectivity index (χ0n) is 8.17. The van der Waals surface area contributed by atoms with Crippen LogP contribution in [0.4, 0.5) is 4.39 Å². The molecule has 2 nitrogen and oxygen atoms in total. The van der Waals surface area contributed by atoms with Crippen molar-refractivity contribution in [2.75, 3.05) is 0 Å². The zero-order chi connectivity index (χ0) is 11.4. The van der Waals surface area contributed by atoms with Gasteiger partial charge in [-0.05, 0) is 24.6 Å². The molecular formula is C10H11ClFNOS. The molecule has 0 fully saturated rings. The molecule has 0 aliphatic heterocycles. The fourth-order valence-corrected chi connectivity index (χ4v) is 1.49. The number of hydrogen-bond donors (Lipinski definition) is 1. The van der Waals surface area contributed by atoms with E-state index in [0.29, 0.717) is 12.2 Å². The van der Waals surface area contributed by atoms with Gasteiger partial charge in [0.05, 0.1) is 5.02 Å². The largest absolute Gasteiger partial charge is 0.482 e. The highest BCUT2D eigenvalue weighted by Crippen LogP contribution is 2.26. The molecule has 1 unspecified atom stereocenters. The Hall–Kier alpha value is -0.870. The molecule has 1 atom stereocenters. The van der Waals surface area contributed by atoms with E-state index in [1.165, 1.54) is 18.2 Å². The van der Waals surface area contributed by atoms with Crippen molar-refractivity contribution in [1.82, 2.24) is 0 Å². The number of rotatable bonds is 4. The Morgan fingerprint density at radius 1 is 1.67 bits per heavy atom. The van der Waals surface area contributed by atoms with Crippen LogP contribution in [-0.2, 0) is 0 Å². The van der Waals surface area contributed by atoms with Crippen molar-refractivity contribution in [3.05, 3.63) is 29.0 Å². The van der Waals surface area contributed by atoms with Crippen LogP contribution in [0.5, 0.6) is 5.75 Å². The van der Waals surface area contributed by atoms with Gasteiger partial charge in [-0.25, -0.2) is 4.39 Å². The van der Waals surface area contributed by atoms with Crippen molar-refractivity contribution in [2.45, 2.75) is 19.4 Å². The molecule has 2 N–H and O–H groups in total. The average molecular weight is 248 g/mol. The first-order valence-corrected chi connectivity index (χ1v) is 5.24. The van der Waals surface area contributed by atoms with E-state index < -0.39 is 5.82 Å². The maximum atomic E-state index is 12.7. The Bertz CT molecular complexity index is 372. The zero-order valence-corrected chi connectivity index (χ0v) is 9.74. The quantitative estimate of drug-likeness (QED) is 0.831. The Balaban J connectivity index is 2.84. The highest BCUT2D eigenvalue weighted by Gasteiger charge is 2.13. The number of benzene rings is 1. The van der Waals surface area contributed by atoms with Crippen LogP contribution in [0.1, 0.15) is 13.3 Å². The lowest BCUT2D eigenvalue weighted by atomic mass is 10.2. The van der Waals surface area contributed by atoms with Crippen molar-refractivity contribution in [3.8, 4) is 5.75 Å². The second-order valence-corrected chi connectivity index (χ2v) is 3.87. The van der Waals surface area contributed by atoms with E-state index in [0.717, 1.165) is 0 Å². The highest BCUT2D eigenvalue weighted by molar-refractivity contribution is 7.80. The van der Waals surface area contributed by atoms with Gasteiger partial charge in [0.15, 0.2) is 0 Å². The molecule has 15 heavy (non-hydrogen) atoms. The lowest BCUT2D eigenvalue weighted by Crippen LogP contribution is -2.31. The Kier molecular flexibility index (Phi) is 4.29. The molecular weight excluding hydrogens is 237 g/mol. The first-order valence-electron chi connectivity index (χ1n) is 4.45. The highest BCUT2D eigenvalue weighted by atomic mass is 35.5. The predicted octanol–water partition coefficient (Wildman–Crippen LogP) is 2.92. The molecule has 1 rings (SSSR count). The third-order valence-electron chi connectivity index (χ3n) is 1.85. The smallest absolute Gasteiger partial charge is 0.148 e. The number of thiocarbonyl (C=S) groups is 1. The molecule has 82 valence electrons. The maximum Gasteiger partial charge on any atom is 0.148 e. The maximum absolute atomic E-state index is 12.7. The second-order valence-electron chi connectivity index (χ2n) is 2.99. The summed E-state index contributed by atoms with van der Waals surface area (Å²) in [6.07, 6.45) is 0.270. The summed E-state index contributed by atoms with van der Waals surface area (Å²) in [5.74, 6) is -0.0200. The summed E-state index contributed by atoms with van der Waals surface area (Å²) < 4.78 is 18.2. The van der Waals surface area contributed by atoms with Crippen molar-refractivity contribution < 1.29 is 9.13 Å². The monoisotopic (exact) mass is 247 g/mol. The van der Waals surface area contributed by atoms with Crippen LogP contribution in [0.25, 0.3) is 0 Å². The van der Waals surface area contributed by atoms with E-state index in [1.54, 1.807) is 0 Å². The van der Waals surface area contributed by atoms with Gasteiger partial charge in [-0.1, -0.05) is 30.7 Å². The fraction of sp³-hybridized carbons (Fsp3) is 0.300. The van der Waals surface area contributed by atoms with Crippen LogP contribution in [0.2, 0.25) is 5.02 Å². The molecule has 0 aliphatic carbocycles. The fourth-order valence-electron chi connectivity index (χ4n) is 1.07. The summed E-state index contributed by atoms with van der Waals surface area (Å²) in [5, 5.41) is 0.213. The van der Waals surface area contributed by atoms with Crippen LogP contribution in [0.3, 0.4) is 0 Å². The minimum absolute atomic E-state index is 0.213. The minimum Gasteiger partial charge on any atom is -0.482 e. The van der Waals surface area contributed by atoms with E-state index in [9.17, 15) is 4.39 Å². The standard InChI is InChI=1S/C10H11ClFNOS/c1-2-8(10(13)15)14-9-4-3-6(12)5-7(9)11/h3-5,8H,2H2,1H3,(H2,13,15). The van der Waals surface area contributed by atoms with Crippen LogP contribution < -0.4 is 10.5 Å². The Morgan fingerprint density at radius 2 is 2.33 bits per heavy atom. The van der Waals surface area contributed by atoms with Gasteiger partial charge in [0.1, 0.15) is 22.7 Å². The van der Waals surface area contributed by atoms with E-state index in [2.05, 4.69) is 0 Å². The molecule has 0 saturated carbocycles. The first kappa shape index (κ1) is 12.2. The summed E-state index contributed by atoms with van der Waals surface area (Å²) in [4.78, 5) is 0.262. The molecule has 0 aromatic heterocycles. The first-order chi connectivity index (χ1) is 7.04. The molecule has 1 aromatic rings. The Morgan fingerprint density at radius 3 is 2.80 bits per heavy atom. The summed E-state index contributed by atoms with van der Waals surface area (Å²) in [6.45, 7) is 1.89. The number of hydrogen-bond acceptors (Lipinski definition) is 2. The molecule has 0 radical (unpaired) electrons. The third kappa shape index (κ3) is 3.32. The number of nitrogens with two attached hydrogens (primary N) is 1. The van der Waals surface area contributed by atoms with Gasteiger partial charge in [-0.2, -0.15) is 0 Å². The molecule has 0 heterocycles. The molecule has 1 aromatic carbocycles. The number of halogens is 2. The van der Waals surface area contributed by atoms with Crippen LogP contribution in [-0.4, -0.2) is 11.1 Å². The van der Waals surface area contributed by atoms with Gasteiger partial charge >= 0.3 is 0 Å². The average Bonchev–Trinajstić information content (AvgIpc) is 2.16. The third-order valence-corrected chi connectivity index (χ3v) is 2.41. The van der Waals surface area contributed by atoms with E-state index in [-0.39, 0.29) is 16.1 Å². The molecule has 0 aliphatic rings. The van der Waals surface area contributed by atoms with Gasteiger partial charge in [0, 0.05) is 0 Å². The topological polar surface area (TPSA) is 35.2 Å². The van der Waals surface area contributed by atoms with Crippen molar-refractivity contribution >= 4 is 28.8 Å². The number of ether oxygens (including phenoxy) is 1. The Labute approximate surface area is 98.2 Å². The van der Waals surface area contributed by atoms with E-state index in [1.807, 2.05) is 6.92 Å². The van der Waals surface area contributed by atoms with Crippen LogP contribution in [0, 0.1) is 5.82 Å². The van der Waals surface area contributed by atoms with Gasteiger partial charge in [0.25, 0.3) is 0 Å². The summed E-state index contributed by atoms with van der Waals surface area (Å²) >= 11 is 10.6. The molecule has 0 amide bonds. The van der Waals surface area contributed by atoms with Gasteiger partial charge < -0.3 is 10.5 Å². The second kappa shape index (κ2) is 5.28. The van der Waals surface area contributed by atoms with Crippen molar-refractivity contribution in [1.29, 1.82) is 0 Å². The van der Waals surface area contributed by atoms with Gasteiger partial charge in [0.2, 0.25) is 0 Å². The van der Waals surface area contributed by atoms with Crippen LogP contribution in [0.15, 0.2) is 18.2 Å². The van der Waals surface area contributed by atoms with Crippen molar-refractivity contribution in [3.63, 3.8) is 0 Å². The summed E-state index contributed by atoms with van der Waals surface area (Å²) in [6, 6.07) is 3.91. The van der Waals surface area contributed by atoms with Gasteiger partial charge in [-0.3, -0.25) is 0 Å². The predicted molar refractivity (Wildman–Crippen MR) is 62.9 cm³/mol. The molecule has 0 saturated heterocycles. The minimum atomic E-state index is -0.407. The van der Waals surface area contributed by atoms with Gasteiger partial charge in [-0.15, -0.1) is 0 Å². The van der Waals surface area contributed by atoms with Crippen molar-refractivity contribution in [2.24, 2.45) is 5.73 Å². The van der Waals surface area contributed by atoms with E-state index in [4.69, 9.17) is 34.3 Å². The SMILES string of the molecule is CCC(Oc1ccc(F)cc1Cl)C(N)=S. The normalized spacial score (nSPS) is 12.2. The summed E-state index contributed by atoms with van der Waals surface area (Å²) in [7, 11) is 0. The lowest BCUT2D eigenvalue weighted by Gasteiger charge is -2.16. The van der Waals surface area contributed by atoms with Crippen LogP contribution >= 0.6 is 23.8 Å². The lowest BCUT2D eigenvalue weighted by molar-refractivity contribution is 0.264. The van der Waals surface area contributed by atoms with E-state index >= 15 is 0 Å². The summed E-state index contributed by atoms with van der Waals surface area (Å²) in [5.41, 5.74) is 5.46.